The van der Waals surface area contributed by atoms with Gasteiger partial charge in [-0.25, -0.2) is 14.2 Å². The maximum absolute atomic E-state index is 13.8. The second-order valence-electron chi connectivity index (χ2n) is 7.10. The van der Waals surface area contributed by atoms with E-state index in [1.165, 1.54) is 35.4 Å². The Kier molecular flexibility index (Phi) is 5.70. The molecule has 0 aliphatic heterocycles. The van der Waals surface area contributed by atoms with Gasteiger partial charge in [-0.15, -0.1) is 22.7 Å². The Morgan fingerprint density at radius 3 is 2.52 bits per heavy atom. The Labute approximate surface area is 190 Å². The maximum Gasteiger partial charge on any atom is 0.419 e. The zero-order valence-corrected chi connectivity index (χ0v) is 18.6. The monoisotopic (exact) mass is 498 g/mol. The normalized spacial score (nSPS) is 11.8. The Balaban J connectivity index is 1.54. The van der Waals surface area contributed by atoms with Crippen LogP contribution in [0.2, 0.25) is 0 Å². The van der Waals surface area contributed by atoms with Crippen molar-refractivity contribution in [3.05, 3.63) is 66.7 Å². The fourth-order valence-corrected chi connectivity index (χ4v) is 5.02. The largest absolute Gasteiger partial charge is 0.419 e. The molecule has 0 atom stereocenters. The Morgan fingerprint density at radius 1 is 1.12 bits per heavy atom. The molecular weight excluding hydrogens is 484 g/mol. The number of thiophene rings is 1. The van der Waals surface area contributed by atoms with Crippen LogP contribution in [-0.2, 0) is 31.5 Å². The first-order valence-corrected chi connectivity index (χ1v) is 11.0. The van der Waals surface area contributed by atoms with Crippen LogP contribution in [0.25, 0.3) is 21.5 Å². The van der Waals surface area contributed by atoms with Crippen molar-refractivity contribution < 1.29 is 22.4 Å². The minimum absolute atomic E-state index is 0.130. The summed E-state index contributed by atoms with van der Waals surface area (Å²) in [4.78, 5) is 41.7. The van der Waals surface area contributed by atoms with E-state index in [9.17, 15) is 31.9 Å². The van der Waals surface area contributed by atoms with Gasteiger partial charge in [-0.1, -0.05) is 6.07 Å². The van der Waals surface area contributed by atoms with Crippen molar-refractivity contribution in [1.82, 2.24) is 14.1 Å². The molecule has 172 valence electrons. The highest BCUT2D eigenvalue weighted by molar-refractivity contribution is 7.17. The first-order chi connectivity index (χ1) is 15.5. The molecule has 3 aromatic heterocycles. The number of nitrogens with one attached hydrogen (secondary N) is 1. The van der Waals surface area contributed by atoms with Crippen molar-refractivity contribution in [1.29, 1.82) is 0 Å². The van der Waals surface area contributed by atoms with Crippen LogP contribution < -0.4 is 16.6 Å². The zero-order valence-electron chi connectivity index (χ0n) is 17.0. The lowest BCUT2D eigenvalue weighted by Gasteiger charge is -2.08. The lowest BCUT2D eigenvalue weighted by Crippen LogP contribution is -2.36. The summed E-state index contributed by atoms with van der Waals surface area (Å²) >= 11 is 2.19. The van der Waals surface area contributed by atoms with Crippen molar-refractivity contribution in [2.24, 2.45) is 14.1 Å². The van der Waals surface area contributed by atoms with Gasteiger partial charge in [0.1, 0.15) is 10.6 Å². The Morgan fingerprint density at radius 2 is 1.85 bits per heavy atom. The molecular formula is C20H14F4N4O3S2. The van der Waals surface area contributed by atoms with Crippen LogP contribution in [0, 0.1) is 5.82 Å². The van der Waals surface area contributed by atoms with Crippen LogP contribution >= 0.6 is 22.7 Å². The smallest absolute Gasteiger partial charge is 0.302 e. The third-order valence-electron chi connectivity index (χ3n) is 4.92. The van der Waals surface area contributed by atoms with E-state index in [1.807, 2.05) is 0 Å². The van der Waals surface area contributed by atoms with Gasteiger partial charge in [0.05, 0.1) is 23.1 Å². The topological polar surface area (TPSA) is 86.0 Å². The summed E-state index contributed by atoms with van der Waals surface area (Å²) in [6.45, 7) is 0. The fraction of sp³-hybridized carbons (Fsp3) is 0.200. The van der Waals surface area contributed by atoms with Gasteiger partial charge in [-0.3, -0.25) is 18.7 Å². The Hall–Kier alpha value is -3.32. The third-order valence-corrected chi connectivity index (χ3v) is 6.78. The molecule has 0 aliphatic carbocycles. The van der Waals surface area contributed by atoms with Gasteiger partial charge in [0, 0.05) is 25.0 Å². The summed E-state index contributed by atoms with van der Waals surface area (Å²) in [5.41, 5.74) is -1.57. The summed E-state index contributed by atoms with van der Waals surface area (Å²) in [5, 5.41) is 6.11. The zero-order chi connectivity index (χ0) is 24.1. The van der Waals surface area contributed by atoms with Crippen LogP contribution in [0.1, 0.15) is 11.1 Å². The average molecular weight is 498 g/mol. The number of thiazole rings is 1. The summed E-state index contributed by atoms with van der Waals surface area (Å²) in [6, 6.07) is 2.48. The van der Waals surface area contributed by atoms with Crippen molar-refractivity contribution in [2.45, 2.75) is 12.6 Å². The molecule has 0 saturated carbocycles. The number of aromatic nitrogens is 3. The van der Waals surface area contributed by atoms with E-state index in [4.69, 9.17) is 0 Å². The number of aryl methyl sites for hydroxylation is 1. The molecule has 1 N–H and O–H groups in total. The van der Waals surface area contributed by atoms with E-state index in [0.717, 1.165) is 28.0 Å². The van der Waals surface area contributed by atoms with E-state index in [0.29, 0.717) is 16.5 Å². The van der Waals surface area contributed by atoms with E-state index in [2.05, 4.69) is 10.3 Å². The van der Waals surface area contributed by atoms with E-state index in [1.54, 1.807) is 5.38 Å². The molecule has 0 bridgehead atoms. The predicted octanol–water partition coefficient (Wildman–Crippen LogP) is 3.76. The van der Waals surface area contributed by atoms with Crippen molar-refractivity contribution in [2.75, 3.05) is 5.32 Å². The van der Waals surface area contributed by atoms with E-state index >= 15 is 0 Å². The average Bonchev–Trinajstić information content (AvgIpc) is 3.37. The molecule has 33 heavy (non-hydrogen) atoms. The minimum atomic E-state index is -4.80. The van der Waals surface area contributed by atoms with Gasteiger partial charge in [0.2, 0.25) is 5.91 Å². The second kappa shape index (κ2) is 8.23. The maximum atomic E-state index is 13.8. The van der Waals surface area contributed by atoms with E-state index < -0.39 is 34.7 Å². The van der Waals surface area contributed by atoms with Crippen molar-refractivity contribution >= 4 is 43.9 Å². The summed E-state index contributed by atoms with van der Waals surface area (Å²) in [6.07, 6.45) is -4.96. The molecule has 0 radical (unpaired) electrons. The molecule has 0 aliphatic rings. The number of amides is 1. The minimum Gasteiger partial charge on any atom is -0.302 e. The number of nitrogens with zero attached hydrogens (tertiary/aromatic N) is 3. The summed E-state index contributed by atoms with van der Waals surface area (Å²) in [5.74, 6) is -1.90. The molecule has 4 aromatic rings. The van der Waals surface area contributed by atoms with Gasteiger partial charge in [-0.2, -0.15) is 13.2 Å². The predicted molar refractivity (Wildman–Crippen MR) is 117 cm³/mol. The van der Waals surface area contributed by atoms with Gasteiger partial charge >= 0.3 is 11.9 Å². The third kappa shape index (κ3) is 4.20. The second-order valence-corrected chi connectivity index (χ2v) is 8.82. The van der Waals surface area contributed by atoms with Crippen molar-refractivity contribution in [3.8, 4) is 11.3 Å². The summed E-state index contributed by atoms with van der Waals surface area (Å²) in [7, 11) is 2.89. The molecule has 1 amide bonds. The van der Waals surface area contributed by atoms with Crippen LogP contribution in [0.5, 0.6) is 0 Å². The lowest BCUT2D eigenvalue weighted by molar-refractivity contribution is -0.140. The van der Waals surface area contributed by atoms with Crippen LogP contribution in [0.4, 0.5) is 22.7 Å². The molecule has 13 heteroatoms. The molecule has 0 saturated heterocycles. The SMILES string of the molecule is Cn1c(=O)c2c(CC(=O)Nc3nc(-c4ccc(C(F)(F)F)c(F)c4)cs3)csc2n(C)c1=O. The highest BCUT2D eigenvalue weighted by atomic mass is 32.1. The number of hydrogen-bond acceptors (Lipinski definition) is 6. The number of anilines is 1. The number of carbonyl (C=O) groups is 1. The molecule has 0 fully saturated rings. The molecule has 1 aromatic carbocycles. The number of hydrogen-bond donors (Lipinski definition) is 1. The number of carbonyl (C=O) groups excluding carboxylic acids is 1. The Bertz CT molecular complexity index is 1510. The number of fused-ring (bicyclic) bond motifs is 1. The molecule has 4 rings (SSSR count). The van der Waals surface area contributed by atoms with E-state index in [-0.39, 0.29) is 28.2 Å². The lowest BCUT2D eigenvalue weighted by atomic mass is 10.1. The fourth-order valence-electron chi connectivity index (χ4n) is 3.26. The highest BCUT2D eigenvalue weighted by Crippen LogP contribution is 2.34. The molecule has 0 unspecified atom stereocenters. The van der Waals surface area contributed by atoms with Crippen molar-refractivity contribution in [3.63, 3.8) is 0 Å². The number of rotatable bonds is 4. The quantitative estimate of drug-likeness (QED) is 0.434. The first kappa shape index (κ1) is 22.9. The standard InChI is InChI=1S/C20H14F4N4O3S2/c1-27-16(30)15-10(7-32-17(15)28(2)19(27)31)6-14(29)26-18-25-13(8-33-18)9-3-4-11(12(21)5-9)20(22,23)24/h3-5,7-8H,6H2,1-2H3,(H,25,26,29). The van der Waals surface area contributed by atoms with Gasteiger partial charge < -0.3 is 5.32 Å². The van der Waals surface area contributed by atoms with Gasteiger partial charge in [-0.05, 0) is 23.1 Å². The number of benzene rings is 1. The van der Waals surface area contributed by atoms with Crippen LogP contribution in [0.3, 0.4) is 0 Å². The number of halogens is 4. The first-order valence-electron chi connectivity index (χ1n) is 9.26. The molecule has 3 heterocycles. The van der Waals surface area contributed by atoms with Crippen LogP contribution in [0.15, 0.2) is 38.5 Å². The number of alkyl halides is 3. The van der Waals surface area contributed by atoms with Gasteiger partial charge in [0.15, 0.2) is 5.13 Å². The van der Waals surface area contributed by atoms with Crippen LogP contribution in [-0.4, -0.2) is 20.0 Å². The molecule has 0 spiro atoms. The summed E-state index contributed by atoms with van der Waals surface area (Å²) < 4.78 is 54.3. The molecule has 7 nitrogen and oxygen atoms in total. The van der Waals surface area contributed by atoms with Gasteiger partial charge in [0.25, 0.3) is 5.56 Å². The highest BCUT2D eigenvalue weighted by Gasteiger charge is 2.34.